The maximum absolute atomic E-state index is 13.4. The van der Waals surface area contributed by atoms with E-state index in [4.69, 9.17) is 0 Å². The molecule has 4 nitrogen and oxygen atoms in total. The molecule has 27 heavy (non-hydrogen) atoms. The van der Waals surface area contributed by atoms with E-state index in [0.717, 1.165) is 43.8 Å². The average molecular weight is 364 g/mol. The van der Waals surface area contributed by atoms with Crippen molar-refractivity contribution < 1.29 is 4.39 Å². The summed E-state index contributed by atoms with van der Waals surface area (Å²) >= 11 is 0. The lowest BCUT2D eigenvalue weighted by Gasteiger charge is -2.39. The van der Waals surface area contributed by atoms with Crippen LogP contribution in [0.15, 0.2) is 60.8 Å². The second-order valence-electron chi connectivity index (χ2n) is 7.11. The lowest BCUT2D eigenvalue weighted by molar-refractivity contribution is 0.204. The Morgan fingerprint density at radius 3 is 2.59 bits per heavy atom. The summed E-state index contributed by atoms with van der Waals surface area (Å²) in [6, 6.07) is 17.8. The molecule has 0 amide bonds. The molecule has 2 heterocycles. The molecule has 1 unspecified atom stereocenters. The summed E-state index contributed by atoms with van der Waals surface area (Å²) < 4.78 is 13.4. The Bertz CT molecular complexity index is 891. The first kappa shape index (κ1) is 17.7. The van der Waals surface area contributed by atoms with Gasteiger partial charge in [-0.15, -0.1) is 0 Å². The number of piperazine rings is 1. The number of pyridine rings is 1. The fraction of sp³-hybridized carbons (Fsp3) is 0.318. The van der Waals surface area contributed by atoms with Crippen LogP contribution in [0.4, 0.5) is 15.8 Å². The molecule has 0 bridgehead atoms. The van der Waals surface area contributed by atoms with E-state index in [-0.39, 0.29) is 5.82 Å². The number of aromatic nitrogens is 1. The number of para-hydroxylation sites is 1. The van der Waals surface area contributed by atoms with Gasteiger partial charge in [0, 0.05) is 67.8 Å². The smallest absolute Gasteiger partial charge is 0.125 e. The molecule has 1 aliphatic heterocycles. The molecule has 1 N–H and O–H groups in total. The van der Waals surface area contributed by atoms with Crippen molar-refractivity contribution >= 4 is 22.3 Å². The highest BCUT2D eigenvalue weighted by molar-refractivity contribution is 5.90. The van der Waals surface area contributed by atoms with Crippen molar-refractivity contribution in [1.82, 2.24) is 9.88 Å². The van der Waals surface area contributed by atoms with Crippen molar-refractivity contribution in [2.75, 3.05) is 42.9 Å². The second-order valence-corrected chi connectivity index (χ2v) is 7.11. The first-order chi connectivity index (χ1) is 13.2. The molecule has 1 saturated heterocycles. The Kier molecular flexibility index (Phi) is 5.21. The molecular formula is C22H25FN4. The minimum absolute atomic E-state index is 0.253. The molecule has 3 aromatic rings. The summed E-state index contributed by atoms with van der Waals surface area (Å²) in [4.78, 5) is 9.23. The second kappa shape index (κ2) is 7.92. The van der Waals surface area contributed by atoms with Gasteiger partial charge in [0.15, 0.2) is 0 Å². The van der Waals surface area contributed by atoms with Gasteiger partial charge in [-0.25, -0.2) is 4.39 Å². The average Bonchev–Trinajstić information content (AvgIpc) is 2.72. The number of anilines is 2. The van der Waals surface area contributed by atoms with Gasteiger partial charge in [-0.1, -0.05) is 18.2 Å². The standard InChI is InChI=1S/C22H25FN4/c1-17(26-11-13-27(14-12-26)19-5-3-2-4-6-19)16-25-21-9-10-24-22-15-18(23)7-8-20(21)22/h2-10,15,17H,11-14,16H2,1H3,(H,24,25). The number of hydrogen-bond acceptors (Lipinski definition) is 4. The zero-order valence-electron chi connectivity index (χ0n) is 15.6. The third-order valence-electron chi connectivity index (χ3n) is 5.35. The molecule has 1 atom stereocenters. The van der Waals surface area contributed by atoms with Gasteiger partial charge < -0.3 is 10.2 Å². The number of halogens is 1. The van der Waals surface area contributed by atoms with Crippen LogP contribution in [-0.4, -0.2) is 48.6 Å². The molecule has 0 radical (unpaired) electrons. The van der Waals surface area contributed by atoms with Crippen molar-refractivity contribution in [3.63, 3.8) is 0 Å². The van der Waals surface area contributed by atoms with E-state index in [1.54, 1.807) is 12.3 Å². The molecular weight excluding hydrogens is 339 g/mol. The summed E-state index contributed by atoms with van der Waals surface area (Å²) in [7, 11) is 0. The van der Waals surface area contributed by atoms with E-state index in [9.17, 15) is 4.39 Å². The monoisotopic (exact) mass is 364 g/mol. The van der Waals surface area contributed by atoms with Crippen LogP contribution in [0.3, 0.4) is 0 Å². The fourth-order valence-electron chi connectivity index (χ4n) is 3.72. The molecule has 1 fully saturated rings. The van der Waals surface area contributed by atoms with Crippen molar-refractivity contribution in [3.05, 3.63) is 66.6 Å². The molecule has 5 heteroatoms. The van der Waals surface area contributed by atoms with Gasteiger partial charge >= 0.3 is 0 Å². The van der Waals surface area contributed by atoms with E-state index >= 15 is 0 Å². The minimum atomic E-state index is -0.253. The van der Waals surface area contributed by atoms with Crippen LogP contribution in [0, 0.1) is 5.82 Å². The number of fused-ring (bicyclic) bond motifs is 1. The predicted octanol–water partition coefficient (Wildman–Crippen LogP) is 4.00. The SMILES string of the molecule is CC(CNc1ccnc2cc(F)ccc12)N1CCN(c2ccccc2)CC1. The van der Waals surface area contributed by atoms with Gasteiger partial charge in [-0.3, -0.25) is 9.88 Å². The zero-order valence-corrected chi connectivity index (χ0v) is 15.6. The Balaban J connectivity index is 1.35. The Morgan fingerprint density at radius 1 is 1.04 bits per heavy atom. The van der Waals surface area contributed by atoms with Crippen LogP contribution in [0.1, 0.15) is 6.92 Å². The van der Waals surface area contributed by atoms with Gasteiger partial charge in [0.05, 0.1) is 5.52 Å². The Morgan fingerprint density at radius 2 is 1.81 bits per heavy atom. The molecule has 0 saturated carbocycles. The van der Waals surface area contributed by atoms with Gasteiger partial charge in [-0.05, 0) is 37.3 Å². The van der Waals surface area contributed by atoms with E-state index in [2.05, 4.69) is 57.4 Å². The van der Waals surface area contributed by atoms with Crippen LogP contribution < -0.4 is 10.2 Å². The molecule has 1 aromatic heterocycles. The molecule has 0 spiro atoms. The van der Waals surface area contributed by atoms with Crippen molar-refractivity contribution in [3.8, 4) is 0 Å². The third-order valence-corrected chi connectivity index (χ3v) is 5.35. The lowest BCUT2D eigenvalue weighted by atomic mass is 10.1. The van der Waals surface area contributed by atoms with Gasteiger partial charge in [-0.2, -0.15) is 0 Å². The summed E-state index contributed by atoms with van der Waals surface area (Å²) in [6.07, 6.45) is 1.73. The van der Waals surface area contributed by atoms with E-state index in [0.29, 0.717) is 11.6 Å². The Labute approximate surface area is 159 Å². The minimum Gasteiger partial charge on any atom is -0.383 e. The summed E-state index contributed by atoms with van der Waals surface area (Å²) in [6.45, 7) is 7.31. The normalized spacial score (nSPS) is 16.4. The van der Waals surface area contributed by atoms with Crippen molar-refractivity contribution in [1.29, 1.82) is 0 Å². The molecule has 1 aliphatic rings. The zero-order chi connectivity index (χ0) is 18.6. The molecule has 2 aromatic carbocycles. The first-order valence-corrected chi connectivity index (χ1v) is 9.53. The summed E-state index contributed by atoms with van der Waals surface area (Å²) in [5.74, 6) is -0.253. The number of hydrogen-bond donors (Lipinski definition) is 1. The number of rotatable bonds is 5. The van der Waals surface area contributed by atoms with Crippen LogP contribution in [0.2, 0.25) is 0 Å². The number of nitrogens with one attached hydrogen (secondary N) is 1. The fourth-order valence-corrected chi connectivity index (χ4v) is 3.72. The summed E-state index contributed by atoms with van der Waals surface area (Å²) in [5, 5.41) is 4.49. The topological polar surface area (TPSA) is 31.4 Å². The van der Waals surface area contributed by atoms with E-state index in [1.807, 2.05) is 6.07 Å². The maximum Gasteiger partial charge on any atom is 0.125 e. The van der Waals surface area contributed by atoms with Gasteiger partial charge in [0.1, 0.15) is 5.82 Å². The maximum atomic E-state index is 13.4. The van der Waals surface area contributed by atoms with E-state index < -0.39 is 0 Å². The first-order valence-electron chi connectivity index (χ1n) is 9.53. The van der Waals surface area contributed by atoms with Gasteiger partial charge in [0.25, 0.3) is 0 Å². The van der Waals surface area contributed by atoms with Gasteiger partial charge in [0.2, 0.25) is 0 Å². The van der Waals surface area contributed by atoms with Crippen LogP contribution in [0.5, 0.6) is 0 Å². The van der Waals surface area contributed by atoms with Crippen molar-refractivity contribution in [2.24, 2.45) is 0 Å². The van der Waals surface area contributed by atoms with Crippen LogP contribution in [-0.2, 0) is 0 Å². The molecule has 140 valence electrons. The highest BCUT2D eigenvalue weighted by atomic mass is 19.1. The highest BCUT2D eigenvalue weighted by Gasteiger charge is 2.21. The van der Waals surface area contributed by atoms with Crippen LogP contribution in [0.25, 0.3) is 10.9 Å². The highest BCUT2D eigenvalue weighted by Crippen LogP contribution is 2.22. The lowest BCUT2D eigenvalue weighted by Crippen LogP contribution is -2.51. The summed E-state index contributed by atoms with van der Waals surface area (Å²) in [5.41, 5.74) is 3.00. The largest absolute Gasteiger partial charge is 0.383 e. The molecule has 0 aliphatic carbocycles. The molecule has 4 rings (SSSR count). The Hall–Kier alpha value is -2.66. The predicted molar refractivity (Wildman–Crippen MR) is 110 cm³/mol. The number of nitrogens with zero attached hydrogens (tertiary/aromatic N) is 3. The third kappa shape index (κ3) is 4.03. The quantitative estimate of drug-likeness (QED) is 0.742. The van der Waals surface area contributed by atoms with Crippen LogP contribution >= 0.6 is 0 Å². The number of benzene rings is 2. The van der Waals surface area contributed by atoms with E-state index in [1.165, 1.54) is 17.8 Å². The van der Waals surface area contributed by atoms with Crippen molar-refractivity contribution in [2.45, 2.75) is 13.0 Å².